The molecule has 0 saturated carbocycles. The van der Waals surface area contributed by atoms with E-state index in [0.29, 0.717) is 36.7 Å². The minimum absolute atomic E-state index is 0.0332. The minimum atomic E-state index is -0.103. The first-order valence-electron chi connectivity index (χ1n) is 9.55. The first kappa shape index (κ1) is 19.5. The van der Waals surface area contributed by atoms with Gasteiger partial charge in [-0.15, -0.1) is 11.3 Å². The van der Waals surface area contributed by atoms with Crippen LogP contribution in [0.1, 0.15) is 20.2 Å². The smallest absolute Gasteiger partial charge is 0.289 e. The maximum Gasteiger partial charge on any atom is 0.289 e. The van der Waals surface area contributed by atoms with Crippen LogP contribution in [0, 0.1) is 0 Å². The largest absolute Gasteiger partial charge is 0.493 e. The van der Waals surface area contributed by atoms with E-state index in [1.165, 1.54) is 11.3 Å². The van der Waals surface area contributed by atoms with Gasteiger partial charge in [-0.05, 0) is 23.6 Å². The van der Waals surface area contributed by atoms with Crippen LogP contribution in [0.4, 0.5) is 0 Å². The summed E-state index contributed by atoms with van der Waals surface area (Å²) in [5.41, 5.74) is 0.596. The van der Waals surface area contributed by atoms with E-state index in [1.807, 2.05) is 40.6 Å². The lowest BCUT2D eigenvalue weighted by atomic mass is 10.2. The summed E-state index contributed by atoms with van der Waals surface area (Å²) in [4.78, 5) is 29.6. The van der Waals surface area contributed by atoms with Gasteiger partial charge in [0.25, 0.3) is 11.8 Å². The first-order valence-corrected chi connectivity index (χ1v) is 10.4. The van der Waals surface area contributed by atoms with E-state index in [2.05, 4.69) is 10.2 Å². The van der Waals surface area contributed by atoms with E-state index in [9.17, 15) is 9.59 Å². The van der Waals surface area contributed by atoms with Gasteiger partial charge in [-0.25, -0.2) is 0 Å². The van der Waals surface area contributed by atoms with Gasteiger partial charge in [0.05, 0.1) is 12.0 Å². The topological polar surface area (TPSA) is 75.0 Å². The highest BCUT2D eigenvalue weighted by Crippen LogP contribution is 2.29. The molecule has 2 aromatic heterocycles. The molecule has 1 aromatic carbocycles. The van der Waals surface area contributed by atoms with Crippen molar-refractivity contribution in [2.45, 2.75) is 0 Å². The van der Waals surface area contributed by atoms with Crippen molar-refractivity contribution in [3.05, 3.63) is 52.4 Å². The summed E-state index contributed by atoms with van der Waals surface area (Å²) < 4.78 is 11.1. The number of para-hydroxylation sites is 1. The summed E-state index contributed by atoms with van der Waals surface area (Å²) in [6.45, 7) is 4.15. The Morgan fingerprint density at radius 1 is 1.17 bits per heavy atom. The Morgan fingerprint density at radius 2 is 2.00 bits per heavy atom. The number of rotatable bonds is 6. The number of benzene rings is 1. The van der Waals surface area contributed by atoms with E-state index in [-0.39, 0.29) is 11.8 Å². The maximum atomic E-state index is 12.8. The number of hydrogen-bond acceptors (Lipinski definition) is 6. The number of piperazine rings is 1. The Balaban J connectivity index is 1.28. The molecule has 152 valence electrons. The van der Waals surface area contributed by atoms with Crippen molar-refractivity contribution in [2.75, 3.05) is 46.4 Å². The molecule has 0 spiro atoms. The monoisotopic (exact) mass is 413 g/mol. The molecule has 3 aromatic rings. The van der Waals surface area contributed by atoms with E-state index < -0.39 is 0 Å². The summed E-state index contributed by atoms with van der Waals surface area (Å²) in [5.74, 6) is 0.820. The highest BCUT2D eigenvalue weighted by molar-refractivity contribution is 7.12. The van der Waals surface area contributed by atoms with E-state index >= 15 is 0 Å². The molecular formula is C21H23N3O4S. The third kappa shape index (κ3) is 4.28. The Morgan fingerprint density at radius 3 is 2.72 bits per heavy atom. The fourth-order valence-corrected chi connectivity index (χ4v) is 4.10. The maximum absolute atomic E-state index is 12.8. The van der Waals surface area contributed by atoms with Gasteiger partial charge in [-0.3, -0.25) is 14.5 Å². The van der Waals surface area contributed by atoms with Gasteiger partial charge in [-0.1, -0.05) is 18.2 Å². The van der Waals surface area contributed by atoms with Gasteiger partial charge in [0.15, 0.2) is 17.1 Å². The molecule has 4 rings (SSSR count). The zero-order valence-corrected chi connectivity index (χ0v) is 17.0. The number of hydrogen-bond donors (Lipinski definition) is 1. The number of carbonyl (C=O) groups excluding carboxylic acids is 2. The fourth-order valence-electron chi connectivity index (χ4n) is 3.46. The molecule has 0 radical (unpaired) electrons. The van der Waals surface area contributed by atoms with Gasteiger partial charge in [-0.2, -0.15) is 0 Å². The minimum Gasteiger partial charge on any atom is -0.493 e. The highest BCUT2D eigenvalue weighted by Gasteiger charge is 2.25. The third-order valence-corrected chi connectivity index (χ3v) is 5.93. The molecule has 0 atom stereocenters. The number of ether oxygens (including phenoxy) is 1. The second-order valence-electron chi connectivity index (χ2n) is 6.86. The Bertz CT molecular complexity index is 991. The van der Waals surface area contributed by atoms with Crippen LogP contribution in [-0.4, -0.2) is 68.0 Å². The average molecular weight is 413 g/mol. The summed E-state index contributed by atoms with van der Waals surface area (Å²) in [5, 5.41) is 5.69. The molecule has 1 N–H and O–H groups in total. The van der Waals surface area contributed by atoms with Crippen LogP contribution in [-0.2, 0) is 0 Å². The summed E-state index contributed by atoms with van der Waals surface area (Å²) in [6.07, 6.45) is 0. The number of fused-ring (bicyclic) bond motifs is 1. The number of furan rings is 1. The predicted molar refractivity (Wildman–Crippen MR) is 112 cm³/mol. The van der Waals surface area contributed by atoms with Crippen molar-refractivity contribution in [3.8, 4) is 5.75 Å². The van der Waals surface area contributed by atoms with Crippen LogP contribution >= 0.6 is 11.3 Å². The number of nitrogens with one attached hydrogen (secondary N) is 1. The van der Waals surface area contributed by atoms with Crippen molar-refractivity contribution in [3.63, 3.8) is 0 Å². The second kappa shape index (κ2) is 8.67. The second-order valence-corrected chi connectivity index (χ2v) is 7.80. The number of carbonyl (C=O) groups is 2. The highest BCUT2D eigenvalue weighted by atomic mass is 32.1. The van der Waals surface area contributed by atoms with Crippen molar-refractivity contribution in [1.82, 2.24) is 15.1 Å². The molecule has 0 bridgehead atoms. The number of methoxy groups -OCH3 is 1. The Hall–Kier alpha value is -2.84. The predicted octanol–water partition coefficient (Wildman–Crippen LogP) is 2.69. The normalized spacial score (nSPS) is 14.9. The number of amides is 2. The van der Waals surface area contributed by atoms with Gasteiger partial charge in [0.1, 0.15) is 0 Å². The molecule has 1 saturated heterocycles. The van der Waals surface area contributed by atoms with Gasteiger partial charge in [0.2, 0.25) is 0 Å². The van der Waals surface area contributed by atoms with Crippen LogP contribution < -0.4 is 10.1 Å². The van der Waals surface area contributed by atoms with Crippen molar-refractivity contribution >= 4 is 34.1 Å². The zero-order valence-electron chi connectivity index (χ0n) is 16.2. The van der Waals surface area contributed by atoms with Crippen molar-refractivity contribution in [1.29, 1.82) is 0 Å². The van der Waals surface area contributed by atoms with Crippen LogP contribution in [0.25, 0.3) is 11.0 Å². The van der Waals surface area contributed by atoms with Crippen LogP contribution in [0.15, 0.2) is 46.2 Å². The molecule has 2 amide bonds. The standard InChI is InChI=1S/C21H23N3O4S/c1-27-16-5-2-4-15-14-17(28-19(15)16)21(26)24-11-9-23(10-12-24)8-7-22-20(25)18-6-3-13-29-18/h2-6,13-14H,7-12H2,1H3,(H,22,25). The molecule has 1 fully saturated rings. The molecule has 0 unspecified atom stereocenters. The molecule has 3 heterocycles. The lowest BCUT2D eigenvalue weighted by Crippen LogP contribution is -2.50. The molecular weight excluding hydrogens is 390 g/mol. The van der Waals surface area contributed by atoms with Gasteiger partial charge < -0.3 is 19.4 Å². The molecule has 1 aliphatic rings. The van der Waals surface area contributed by atoms with Crippen LogP contribution in [0.3, 0.4) is 0 Å². The molecule has 8 heteroatoms. The SMILES string of the molecule is COc1cccc2cc(C(=O)N3CCN(CCNC(=O)c4cccs4)CC3)oc12. The Labute approximate surface area is 172 Å². The molecule has 1 aliphatic heterocycles. The quantitative estimate of drug-likeness (QED) is 0.673. The number of nitrogens with zero attached hydrogens (tertiary/aromatic N) is 2. The molecule has 29 heavy (non-hydrogen) atoms. The van der Waals surface area contributed by atoms with Crippen molar-refractivity contribution in [2.24, 2.45) is 0 Å². The number of thiophene rings is 1. The first-order chi connectivity index (χ1) is 14.2. The van der Waals surface area contributed by atoms with Crippen LogP contribution in [0.2, 0.25) is 0 Å². The Kier molecular flexibility index (Phi) is 5.82. The lowest BCUT2D eigenvalue weighted by Gasteiger charge is -2.34. The third-order valence-electron chi connectivity index (χ3n) is 5.06. The van der Waals surface area contributed by atoms with Crippen molar-refractivity contribution < 1.29 is 18.7 Å². The van der Waals surface area contributed by atoms with E-state index in [1.54, 1.807) is 13.2 Å². The fraction of sp³-hybridized carbons (Fsp3) is 0.333. The van der Waals surface area contributed by atoms with E-state index in [0.717, 1.165) is 29.9 Å². The zero-order chi connectivity index (χ0) is 20.2. The lowest BCUT2D eigenvalue weighted by molar-refractivity contribution is 0.0609. The summed E-state index contributed by atoms with van der Waals surface area (Å²) in [7, 11) is 1.58. The van der Waals surface area contributed by atoms with Gasteiger partial charge in [0, 0.05) is 44.7 Å². The molecule has 7 nitrogen and oxygen atoms in total. The van der Waals surface area contributed by atoms with Gasteiger partial charge >= 0.3 is 0 Å². The summed E-state index contributed by atoms with van der Waals surface area (Å²) >= 11 is 1.44. The van der Waals surface area contributed by atoms with Crippen LogP contribution in [0.5, 0.6) is 5.75 Å². The average Bonchev–Trinajstić information content (AvgIpc) is 3.43. The van der Waals surface area contributed by atoms with E-state index in [4.69, 9.17) is 9.15 Å². The molecule has 0 aliphatic carbocycles. The summed E-state index contributed by atoms with van der Waals surface area (Å²) in [6, 6.07) is 11.1.